The third kappa shape index (κ3) is 3.89. The normalized spacial score (nSPS) is 11.1. The van der Waals surface area contributed by atoms with Gasteiger partial charge in [0.1, 0.15) is 0 Å². The molecule has 0 aliphatic rings. The van der Waals surface area contributed by atoms with E-state index in [1.807, 2.05) is 0 Å². The standard InChI is InChI=1S/C14H15F2NS/c15-14(16)13-3-1-11(2-4-13)9-17-7-5-12-6-8-18-10-12/h1-4,6,8,10,14,17H,5,7,9H2. The third-order valence-corrected chi connectivity index (χ3v) is 3.46. The predicted molar refractivity (Wildman–Crippen MR) is 71.1 cm³/mol. The molecule has 0 radical (unpaired) electrons. The van der Waals surface area contributed by atoms with Gasteiger partial charge in [-0.15, -0.1) is 0 Å². The van der Waals surface area contributed by atoms with E-state index in [1.54, 1.807) is 23.5 Å². The van der Waals surface area contributed by atoms with Crippen molar-refractivity contribution in [1.82, 2.24) is 5.32 Å². The fourth-order valence-corrected chi connectivity index (χ4v) is 2.38. The fourth-order valence-electron chi connectivity index (χ4n) is 1.68. The van der Waals surface area contributed by atoms with Gasteiger partial charge in [0.15, 0.2) is 0 Å². The SMILES string of the molecule is FC(F)c1ccc(CNCCc2ccsc2)cc1. The molecule has 0 aliphatic carbocycles. The van der Waals surface area contributed by atoms with Crippen molar-refractivity contribution in [3.63, 3.8) is 0 Å². The molecule has 0 aliphatic heterocycles. The Kier molecular flexibility index (Phi) is 4.84. The van der Waals surface area contributed by atoms with E-state index in [1.165, 1.54) is 17.7 Å². The molecule has 1 nitrogen and oxygen atoms in total. The van der Waals surface area contributed by atoms with Crippen LogP contribution in [0.4, 0.5) is 8.78 Å². The lowest BCUT2D eigenvalue weighted by Crippen LogP contribution is -2.16. The smallest absolute Gasteiger partial charge is 0.263 e. The average Bonchev–Trinajstić information content (AvgIpc) is 2.88. The van der Waals surface area contributed by atoms with Crippen LogP contribution in [-0.4, -0.2) is 6.54 Å². The predicted octanol–water partition coefficient (Wildman–Crippen LogP) is 4.02. The summed E-state index contributed by atoms with van der Waals surface area (Å²) < 4.78 is 24.7. The molecule has 1 aromatic heterocycles. The van der Waals surface area contributed by atoms with E-state index in [-0.39, 0.29) is 5.56 Å². The lowest BCUT2D eigenvalue weighted by atomic mass is 10.1. The van der Waals surface area contributed by atoms with Gasteiger partial charge < -0.3 is 5.32 Å². The molecule has 4 heteroatoms. The van der Waals surface area contributed by atoms with Crippen molar-refractivity contribution in [2.45, 2.75) is 19.4 Å². The summed E-state index contributed by atoms with van der Waals surface area (Å²) in [5, 5.41) is 7.51. The van der Waals surface area contributed by atoms with Crippen LogP contribution in [0.2, 0.25) is 0 Å². The van der Waals surface area contributed by atoms with Crippen molar-refractivity contribution in [3.05, 3.63) is 57.8 Å². The van der Waals surface area contributed by atoms with E-state index < -0.39 is 6.43 Å². The average molecular weight is 267 g/mol. The Bertz CT molecular complexity index is 451. The Balaban J connectivity index is 1.73. The summed E-state index contributed by atoms with van der Waals surface area (Å²) in [6, 6.07) is 8.59. The fraction of sp³-hybridized carbons (Fsp3) is 0.286. The molecule has 0 fully saturated rings. The number of rotatable bonds is 6. The molecule has 0 bridgehead atoms. The molecule has 0 saturated carbocycles. The van der Waals surface area contributed by atoms with Gasteiger partial charge in [0.05, 0.1) is 0 Å². The quantitative estimate of drug-likeness (QED) is 0.779. The highest BCUT2D eigenvalue weighted by Gasteiger charge is 2.05. The van der Waals surface area contributed by atoms with Gasteiger partial charge in [-0.3, -0.25) is 0 Å². The summed E-state index contributed by atoms with van der Waals surface area (Å²) in [7, 11) is 0. The van der Waals surface area contributed by atoms with Gasteiger partial charge in [0, 0.05) is 12.1 Å². The van der Waals surface area contributed by atoms with Crippen LogP contribution in [-0.2, 0) is 13.0 Å². The third-order valence-electron chi connectivity index (χ3n) is 2.73. The largest absolute Gasteiger partial charge is 0.312 e. The Morgan fingerprint density at radius 1 is 1.06 bits per heavy atom. The number of thiophene rings is 1. The summed E-state index contributed by atoms with van der Waals surface area (Å²) in [5.74, 6) is 0. The first kappa shape index (κ1) is 13.2. The van der Waals surface area contributed by atoms with Gasteiger partial charge in [-0.2, -0.15) is 11.3 Å². The zero-order valence-electron chi connectivity index (χ0n) is 9.90. The minimum Gasteiger partial charge on any atom is -0.312 e. The van der Waals surface area contributed by atoms with Gasteiger partial charge >= 0.3 is 0 Å². The summed E-state index contributed by atoms with van der Waals surface area (Å²) in [6.07, 6.45) is -1.39. The molecule has 0 atom stereocenters. The topological polar surface area (TPSA) is 12.0 Å². The molecule has 1 aromatic carbocycles. The number of alkyl halides is 2. The Labute approximate surface area is 109 Å². The van der Waals surface area contributed by atoms with Crippen LogP contribution in [0.3, 0.4) is 0 Å². The Hall–Kier alpha value is -1.26. The van der Waals surface area contributed by atoms with Crippen LogP contribution in [0.15, 0.2) is 41.1 Å². The van der Waals surface area contributed by atoms with E-state index in [0.717, 1.165) is 18.5 Å². The van der Waals surface area contributed by atoms with Gasteiger partial charge in [-0.05, 0) is 40.9 Å². The van der Waals surface area contributed by atoms with Crippen LogP contribution >= 0.6 is 11.3 Å². The number of hydrogen-bond donors (Lipinski definition) is 1. The van der Waals surface area contributed by atoms with Gasteiger partial charge in [0.25, 0.3) is 6.43 Å². The molecule has 2 rings (SSSR count). The van der Waals surface area contributed by atoms with E-state index >= 15 is 0 Å². The highest BCUT2D eigenvalue weighted by atomic mass is 32.1. The molecule has 0 saturated heterocycles. The van der Waals surface area contributed by atoms with Crippen LogP contribution in [0.1, 0.15) is 23.1 Å². The summed E-state index contributed by atoms with van der Waals surface area (Å²) in [4.78, 5) is 0. The molecular formula is C14H15F2NS. The van der Waals surface area contributed by atoms with E-state index in [2.05, 4.69) is 22.1 Å². The molecule has 1 heterocycles. The molecule has 0 spiro atoms. The summed E-state index contributed by atoms with van der Waals surface area (Å²) >= 11 is 1.70. The lowest BCUT2D eigenvalue weighted by molar-refractivity contribution is 0.151. The van der Waals surface area contributed by atoms with Crippen molar-refractivity contribution in [1.29, 1.82) is 0 Å². The first-order valence-electron chi connectivity index (χ1n) is 5.84. The summed E-state index contributed by atoms with van der Waals surface area (Å²) in [5.41, 5.74) is 2.45. The van der Waals surface area contributed by atoms with Crippen LogP contribution < -0.4 is 5.32 Å². The van der Waals surface area contributed by atoms with Crippen molar-refractivity contribution < 1.29 is 8.78 Å². The molecule has 0 amide bonds. The number of hydrogen-bond acceptors (Lipinski definition) is 2. The van der Waals surface area contributed by atoms with E-state index in [4.69, 9.17) is 0 Å². The molecule has 1 N–H and O–H groups in total. The van der Waals surface area contributed by atoms with Crippen molar-refractivity contribution in [2.75, 3.05) is 6.54 Å². The Morgan fingerprint density at radius 2 is 1.83 bits per heavy atom. The molecular weight excluding hydrogens is 252 g/mol. The van der Waals surface area contributed by atoms with Crippen LogP contribution in [0.25, 0.3) is 0 Å². The zero-order valence-corrected chi connectivity index (χ0v) is 10.7. The minimum atomic E-state index is -2.38. The maximum absolute atomic E-state index is 12.3. The molecule has 96 valence electrons. The van der Waals surface area contributed by atoms with Gasteiger partial charge in [-0.25, -0.2) is 8.78 Å². The van der Waals surface area contributed by atoms with Gasteiger partial charge in [0.2, 0.25) is 0 Å². The lowest BCUT2D eigenvalue weighted by Gasteiger charge is -2.05. The number of benzene rings is 1. The summed E-state index contributed by atoms with van der Waals surface area (Å²) in [6.45, 7) is 1.61. The highest BCUT2D eigenvalue weighted by molar-refractivity contribution is 7.07. The van der Waals surface area contributed by atoms with Crippen molar-refractivity contribution in [2.24, 2.45) is 0 Å². The second kappa shape index (κ2) is 6.61. The van der Waals surface area contributed by atoms with Crippen LogP contribution in [0.5, 0.6) is 0 Å². The van der Waals surface area contributed by atoms with Gasteiger partial charge in [-0.1, -0.05) is 24.3 Å². The van der Waals surface area contributed by atoms with E-state index in [9.17, 15) is 8.78 Å². The zero-order chi connectivity index (χ0) is 12.8. The maximum Gasteiger partial charge on any atom is 0.263 e. The van der Waals surface area contributed by atoms with Crippen molar-refractivity contribution in [3.8, 4) is 0 Å². The van der Waals surface area contributed by atoms with Crippen molar-refractivity contribution >= 4 is 11.3 Å². The number of nitrogens with one attached hydrogen (secondary N) is 1. The number of halogens is 2. The second-order valence-electron chi connectivity index (χ2n) is 4.10. The van der Waals surface area contributed by atoms with Crippen LogP contribution in [0, 0.1) is 0 Å². The molecule has 0 unspecified atom stereocenters. The second-order valence-corrected chi connectivity index (χ2v) is 4.88. The monoisotopic (exact) mass is 267 g/mol. The first-order chi connectivity index (χ1) is 8.75. The maximum atomic E-state index is 12.3. The highest BCUT2D eigenvalue weighted by Crippen LogP contribution is 2.18. The molecule has 2 aromatic rings. The van der Waals surface area contributed by atoms with E-state index in [0.29, 0.717) is 6.54 Å². The molecule has 18 heavy (non-hydrogen) atoms. The minimum absolute atomic E-state index is 0.0806. The first-order valence-corrected chi connectivity index (χ1v) is 6.79. The Morgan fingerprint density at radius 3 is 2.44 bits per heavy atom.